The van der Waals surface area contributed by atoms with Gasteiger partial charge in [0.15, 0.2) is 5.65 Å². The van der Waals surface area contributed by atoms with Crippen LogP contribution in [0.5, 0.6) is 0 Å². The molecular formula is C20H16ClFN6O2. The number of carbonyl (C=O) groups excluding carboxylic acids is 2. The summed E-state index contributed by atoms with van der Waals surface area (Å²) >= 11 is 6.18. The van der Waals surface area contributed by atoms with E-state index in [0.717, 1.165) is 12.8 Å². The number of carbonyl (C=O) groups is 2. The summed E-state index contributed by atoms with van der Waals surface area (Å²) in [5.41, 5.74) is 1.80. The van der Waals surface area contributed by atoms with E-state index in [-0.39, 0.29) is 12.3 Å². The van der Waals surface area contributed by atoms with Crippen LogP contribution in [0.15, 0.2) is 36.0 Å². The average Bonchev–Trinajstić information content (AvgIpc) is 3.34. The Morgan fingerprint density at radius 2 is 2.10 bits per heavy atom. The zero-order valence-corrected chi connectivity index (χ0v) is 16.3. The Kier molecular flexibility index (Phi) is 4.39. The van der Waals surface area contributed by atoms with Gasteiger partial charge in [-0.1, -0.05) is 11.6 Å². The summed E-state index contributed by atoms with van der Waals surface area (Å²) in [6, 6.07) is 6.15. The van der Waals surface area contributed by atoms with Gasteiger partial charge in [-0.15, -0.1) is 0 Å². The van der Waals surface area contributed by atoms with Crippen LogP contribution in [-0.2, 0) is 9.59 Å². The second-order valence-corrected chi connectivity index (χ2v) is 7.66. The Bertz CT molecular complexity index is 1230. The van der Waals surface area contributed by atoms with Gasteiger partial charge in [0.2, 0.25) is 5.91 Å². The molecule has 3 N–H and O–H groups in total. The number of benzene rings is 1. The molecule has 3 aromatic rings. The Balaban J connectivity index is 1.59. The molecule has 8 nitrogen and oxygen atoms in total. The summed E-state index contributed by atoms with van der Waals surface area (Å²) in [6.07, 6.45) is 5.32. The molecule has 0 atom stereocenters. The van der Waals surface area contributed by atoms with Gasteiger partial charge in [0.05, 0.1) is 23.3 Å². The van der Waals surface area contributed by atoms with Gasteiger partial charge in [-0.05, 0) is 37.1 Å². The Labute approximate surface area is 175 Å². The minimum atomic E-state index is -0.425. The lowest BCUT2D eigenvalue weighted by Gasteiger charge is -2.12. The van der Waals surface area contributed by atoms with Crippen LogP contribution < -0.4 is 16.0 Å². The number of amides is 2. The van der Waals surface area contributed by atoms with E-state index >= 15 is 0 Å². The van der Waals surface area contributed by atoms with Crippen LogP contribution in [0.2, 0.25) is 5.02 Å². The molecule has 10 heteroatoms. The minimum absolute atomic E-state index is 0.0141. The topological polar surface area (TPSA) is 100 Å². The van der Waals surface area contributed by atoms with E-state index in [0.29, 0.717) is 45.2 Å². The summed E-state index contributed by atoms with van der Waals surface area (Å²) < 4.78 is 15.3. The van der Waals surface area contributed by atoms with Gasteiger partial charge in [0.25, 0.3) is 5.91 Å². The molecule has 152 valence electrons. The maximum absolute atomic E-state index is 13.7. The molecule has 0 radical (unpaired) electrons. The highest BCUT2D eigenvalue weighted by Crippen LogP contribution is 2.30. The molecule has 2 aliphatic rings. The van der Waals surface area contributed by atoms with Crippen molar-refractivity contribution in [1.82, 2.24) is 19.9 Å². The molecule has 30 heavy (non-hydrogen) atoms. The predicted molar refractivity (Wildman–Crippen MR) is 110 cm³/mol. The zero-order chi connectivity index (χ0) is 20.8. The summed E-state index contributed by atoms with van der Waals surface area (Å²) in [4.78, 5) is 28.0. The van der Waals surface area contributed by atoms with E-state index < -0.39 is 11.7 Å². The van der Waals surface area contributed by atoms with Crippen LogP contribution in [0.1, 0.15) is 24.8 Å². The lowest BCUT2D eigenvalue weighted by atomic mass is 10.1. The van der Waals surface area contributed by atoms with Crippen LogP contribution in [0.3, 0.4) is 0 Å². The SMILES string of the molecule is O=C1CC(=Cc2cnn3c(NC4CC4)cc(Nc4cc(F)ccc4Cl)nc23)C(=O)N1. The van der Waals surface area contributed by atoms with E-state index in [4.69, 9.17) is 11.6 Å². The third kappa shape index (κ3) is 3.59. The van der Waals surface area contributed by atoms with Crippen molar-refractivity contribution in [2.45, 2.75) is 25.3 Å². The van der Waals surface area contributed by atoms with Gasteiger partial charge in [-0.3, -0.25) is 14.9 Å². The Morgan fingerprint density at radius 3 is 2.83 bits per heavy atom. The molecule has 2 aromatic heterocycles. The summed E-state index contributed by atoms with van der Waals surface area (Å²) in [7, 11) is 0. The molecule has 0 unspecified atom stereocenters. The number of anilines is 3. The first-order valence-electron chi connectivity index (χ1n) is 9.38. The highest BCUT2D eigenvalue weighted by atomic mass is 35.5. The summed E-state index contributed by atoms with van der Waals surface area (Å²) in [5, 5.41) is 13.4. The van der Waals surface area contributed by atoms with E-state index in [1.54, 1.807) is 22.9 Å². The van der Waals surface area contributed by atoms with Gasteiger partial charge >= 0.3 is 0 Å². The summed E-state index contributed by atoms with van der Waals surface area (Å²) in [6.45, 7) is 0. The van der Waals surface area contributed by atoms with E-state index in [1.165, 1.54) is 18.2 Å². The highest BCUT2D eigenvalue weighted by molar-refractivity contribution is 6.33. The molecule has 1 aliphatic carbocycles. The first-order chi connectivity index (χ1) is 14.5. The second-order valence-electron chi connectivity index (χ2n) is 7.25. The number of hydrogen-bond donors (Lipinski definition) is 3. The van der Waals surface area contributed by atoms with Gasteiger partial charge in [-0.2, -0.15) is 9.61 Å². The lowest BCUT2D eigenvalue weighted by molar-refractivity contribution is -0.124. The standard InChI is InChI=1S/C20H16ClFN6O2/c21-14-4-1-12(22)7-15(14)25-16-8-17(24-13-2-3-13)28-19(26-16)11(9-23-28)5-10-6-18(29)27-20(10)30/h1,4-5,7-9,13,24H,2-3,6H2,(H,25,26)(H,27,29,30). The van der Waals surface area contributed by atoms with Gasteiger partial charge < -0.3 is 10.6 Å². The van der Waals surface area contributed by atoms with Crippen LogP contribution in [-0.4, -0.2) is 32.5 Å². The maximum Gasteiger partial charge on any atom is 0.254 e. The molecule has 1 aromatic carbocycles. The number of aromatic nitrogens is 3. The molecule has 1 saturated heterocycles. The van der Waals surface area contributed by atoms with Crippen LogP contribution >= 0.6 is 11.6 Å². The lowest BCUT2D eigenvalue weighted by Crippen LogP contribution is -2.19. The summed E-state index contributed by atoms with van der Waals surface area (Å²) in [5.74, 6) is -0.0447. The Hall–Kier alpha value is -3.46. The number of nitrogens with zero attached hydrogens (tertiary/aromatic N) is 3. The van der Waals surface area contributed by atoms with Gasteiger partial charge in [0, 0.05) is 23.2 Å². The highest BCUT2D eigenvalue weighted by Gasteiger charge is 2.25. The van der Waals surface area contributed by atoms with Crippen LogP contribution in [0, 0.1) is 5.82 Å². The smallest absolute Gasteiger partial charge is 0.254 e. The van der Waals surface area contributed by atoms with Crippen molar-refractivity contribution < 1.29 is 14.0 Å². The largest absolute Gasteiger partial charge is 0.367 e. The van der Waals surface area contributed by atoms with E-state index in [2.05, 4.69) is 26.0 Å². The number of fused-ring (bicyclic) bond motifs is 1. The maximum atomic E-state index is 13.7. The van der Waals surface area contributed by atoms with Crippen molar-refractivity contribution in [3.8, 4) is 0 Å². The average molecular weight is 427 g/mol. The molecule has 0 bridgehead atoms. The van der Waals surface area contributed by atoms with Crippen LogP contribution in [0.4, 0.5) is 21.7 Å². The van der Waals surface area contributed by atoms with Gasteiger partial charge in [0.1, 0.15) is 17.5 Å². The minimum Gasteiger partial charge on any atom is -0.367 e. The number of nitrogens with one attached hydrogen (secondary N) is 3. The molecule has 1 saturated carbocycles. The van der Waals surface area contributed by atoms with Crippen molar-refractivity contribution in [2.24, 2.45) is 0 Å². The third-order valence-electron chi connectivity index (χ3n) is 4.84. The first-order valence-corrected chi connectivity index (χ1v) is 9.76. The van der Waals surface area contributed by atoms with Crippen LogP contribution in [0.25, 0.3) is 11.7 Å². The fraction of sp³-hybridized carbons (Fsp3) is 0.200. The Morgan fingerprint density at radius 1 is 1.27 bits per heavy atom. The number of imide groups is 1. The zero-order valence-electron chi connectivity index (χ0n) is 15.6. The third-order valence-corrected chi connectivity index (χ3v) is 5.17. The molecule has 2 amide bonds. The fourth-order valence-electron chi connectivity index (χ4n) is 3.23. The quantitative estimate of drug-likeness (QED) is 0.427. The second kappa shape index (κ2) is 7.10. The normalized spacial score (nSPS) is 17.6. The monoisotopic (exact) mass is 426 g/mol. The predicted octanol–water partition coefficient (Wildman–Crippen LogP) is 3.27. The van der Waals surface area contributed by atoms with Crippen molar-refractivity contribution >= 4 is 52.5 Å². The fourth-order valence-corrected chi connectivity index (χ4v) is 3.39. The number of rotatable bonds is 5. The molecular weight excluding hydrogens is 411 g/mol. The van der Waals surface area contributed by atoms with Crippen molar-refractivity contribution in [3.05, 3.63) is 52.4 Å². The molecule has 3 heterocycles. The van der Waals surface area contributed by atoms with E-state index in [9.17, 15) is 14.0 Å². The number of hydrogen-bond acceptors (Lipinski definition) is 6. The van der Waals surface area contributed by atoms with E-state index in [1.807, 2.05) is 0 Å². The molecule has 2 fully saturated rings. The molecule has 1 aliphatic heterocycles. The number of halogens is 2. The van der Waals surface area contributed by atoms with Crippen molar-refractivity contribution in [3.63, 3.8) is 0 Å². The molecule has 0 spiro atoms. The van der Waals surface area contributed by atoms with Crippen molar-refractivity contribution in [1.29, 1.82) is 0 Å². The first kappa shape index (κ1) is 18.6. The van der Waals surface area contributed by atoms with Gasteiger partial charge in [-0.25, -0.2) is 9.37 Å². The van der Waals surface area contributed by atoms with Crippen molar-refractivity contribution in [2.75, 3.05) is 10.6 Å². The molecule has 5 rings (SSSR count).